The summed E-state index contributed by atoms with van der Waals surface area (Å²) in [6.45, 7) is 0. The molecule has 20 heavy (non-hydrogen) atoms. The first-order valence-electron chi connectivity index (χ1n) is 6.08. The summed E-state index contributed by atoms with van der Waals surface area (Å²) in [6.07, 6.45) is 3.58. The Bertz CT molecular complexity index is 749. The fourth-order valence-corrected chi connectivity index (χ4v) is 1.91. The number of hydrogen-bond acceptors (Lipinski definition) is 4. The second-order valence-corrected chi connectivity index (χ2v) is 4.41. The van der Waals surface area contributed by atoms with Gasteiger partial charge in [0.1, 0.15) is 12.1 Å². The van der Waals surface area contributed by atoms with Crippen molar-refractivity contribution in [1.29, 1.82) is 0 Å². The molecule has 0 unspecified atom stereocenters. The fourth-order valence-electron chi connectivity index (χ4n) is 1.91. The summed E-state index contributed by atoms with van der Waals surface area (Å²) in [5.41, 5.74) is 2.24. The zero-order valence-corrected chi connectivity index (χ0v) is 10.5. The molecule has 3 rings (SSSR count). The van der Waals surface area contributed by atoms with E-state index in [1.807, 2.05) is 0 Å². The summed E-state index contributed by atoms with van der Waals surface area (Å²) in [5, 5.41) is 19.7. The fraction of sp³-hybridized carbons (Fsp3) is 0.0714. The Morgan fingerprint density at radius 3 is 2.80 bits per heavy atom. The van der Waals surface area contributed by atoms with Crippen LogP contribution in [0.15, 0.2) is 48.9 Å². The standard InChI is InChI=1S/C14H12N4O2/c19-12-4-1-10(2-5-12)7-14(20)16-11-3-6-13-17-15-9-18(13)8-11/h1-6,8-9,19H,7H2,(H,16,20). The molecule has 0 aliphatic heterocycles. The number of phenolic OH excluding ortho intramolecular Hbond substituents is 1. The van der Waals surface area contributed by atoms with Gasteiger partial charge in [-0.15, -0.1) is 10.2 Å². The maximum atomic E-state index is 11.9. The van der Waals surface area contributed by atoms with Crippen LogP contribution in [-0.4, -0.2) is 25.6 Å². The molecule has 1 aromatic carbocycles. The van der Waals surface area contributed by atoms with Gasteiger partial charge in [-0.2, -0.15) is 0 Å². The lowest BCUT2D eigenvalue weighted by atomic mass is 10.1. The number of aromatic hydroxyl groups is 1. The van der Waals surface area contributed by atoms with E-state index in [-0.39, 0.29) is 18.1 Å². The molecule has 2 heterocycles. The van der Waals surface area contributed by atoms with E-state index in [0.717, 1.165) is 11.2 Å². The summed E-state index contributed by atoms with van der Waals surface area (Å²) >= 11 is 0. The topological polar surface area (TPSA) is 79.5 Å². The van der Waals surface area contributed by atoms with E-state index in [9.17, 15) is 9.90 Å². The molecule has 0 radical (unpaired) electrons. The molecule has 0 aliphatic carbocycles. The number of aromatic nitrogens is 3. The number of nitrogens with zero attached hydrogens (tertiary/aromatic N) is 3. The molecular formula is C14H12N4O2. The Labute approximate surface area is 114 Å². The highest BCUT2D eigenvalue weighted by Crippen LogP contribution is 2.12. The number of anilines is 1. The van der Waals surface area contributed by atoms with Crippen molar-refractivity contribution >= 4 is 17.2 Å². The number of pyridine rings is 1. The summed E-state index contributed by atoms with van der Waals surface area (Å²) in [5.74, 6) is 0.0651. The highest BCUT2D eigenvalue weighted by atomic mass is 16.3. The molecule has 6 nitrogen and oxygen atoms in total. The van der Waals surface area contributed by atoms with E-state index < -0.39 is 0 Å². The summed E-state index contributed by atoms with van der Waals surface area (Å²) in [7, 11) is 0. The van der Waals surface area contributed by atoms with E-state index in [0.29, 0.717) is 5.69 Å². The van der Waals surface area contributed by atoms with Crippen LogP contribution in [-0.2, 0) is 11.2 Å². The van der Waals surface area contributed by atoms with Crippen molar-refractivity contribution in [3.05, 3.63) is 54.5 Å². The van der Waals surface area contributed by atoms with Gasteiger partial charge < -0.3 is 10.4 Å². The summed E-state index contributed by atoms with van der Waals surface area (Å²) in [6, 6.07) is 10.1. The van der Waals surface area contributed by atoms with Gasteiger partial charge in [0.15, 0.2) is 5.65 Å². The first kappa shape index (κ1) is 12.2. The molecule has 0 bridgehead atoms. The molecular weight excluding hydrogens is 256 g/mol. The Morgan fingerprint density at radius 2 is 2.00 bits per heavy atom. The Balaban J connectivity index is 1.70. The molecule has 100 valence electrons. The van der Waals surface area contributed by atoms with E-state index in [4.69, 9.17) is 0 Å². The predicted molar refractivity (Wildman–Crippen MR) is 73.4 cm³/mol. The van der Waals surface area contributed by atoms with Gasteiger partial charge in [0.05, 0.1) is 12.1 Å². The summed E-state index contributed by atoms with van der Waals surface area (Å²) < 4.78 is 1.73. The zero-order valence-electron chi connectivity index (χ0n) is 10.5. The third-order valence-electron chi connectivity index (χ3n) is 2.88. The number of nitrogens with one attached hydrogen (secondary N) is 1. The third-order valence-corrected chi connectivity index (χ3v) is 2.88. The number of phenols is 1. The second kappa shape index (κ2) is 5.00. The van der Waals surface area contributed by atoms with Crippen molar-refractivity contribution in [3.63, 3.8) is 0 Å². The van der Waals surface area contributed by atoms with E-state index in [2.05, 4.69) is 15.5 Å². The SMILES string of the molecule is O=C(Cc1ccc(O)cc1)Nc1ccc2nncn2c1. The number of carbonyl (C=O) groups excluding carboxylic acids is 1. The van der Waals surface area contributed by atoms with Crippen LogP contribution in [0.1, 0.15) is 5.56 Å². The molecule has 0 saturated heterocycles. The number of benzene rings is 1. The van der Waals surface area contributed by atoms with E-state index in [1.54, 1.807) is 53.3 Å². The predicted octanol–water partition coefficient (Wildman–Crippen LogP) is 1.62. The average molecular weight is 268 g/mol. The number of carbonyl (C=O) groups is 1. The minimum atomic E-state index is -0.122. The third kappa shape index (κ3) is 2.59. The Hall–Kier alpha value is -2.89. The molecule has 0 fully saturated rings. The van der Waals surface area contributed by atoms with Gasteiger partial charge in [0.25, 0.3) is 0 Å². The maximum absolute atomic E-state index is 11.9. The number of hydrogen-bond donors (Lipinski definition) is 2. The normalized spacial score (nSPS) is 10.6. The molecule has 0 spiro atoms. The molecule has 1 amide bonds. The lowest BCUT2D eigenvalue weighted by Crippen LogP contribution is -2.14. The van der Waals surface area contributed by atoms with E-state index >= 15 is 0 Å². The highest BCUT2D eigenvalue weighted by Gasteiger charge is 2.05. The van der Waals surface area contributed by atoms with Crippen molar-refractivity contribution in [2.24, 2.45) is 0 Å². The molecule has 6 heteroatoms. The monoisotopic (exact) mass is 268 g/mol. The van der Waals surface area contributed by atoms with Crippen molar-refractivity contribution < 1.29 is 9.90 Å². The van der Waals surface area contributed by atoms with E-state index in [1.165, 1.54) is 0 Å². The van der Waals surface area contributed by atoms with Crippen LogP contribution in [0.5, 0.6) is 5.75 Å². The second-order valence-electron chi connectivity index (χ2n) is 4.41. The van der Waals surface area contributed by atoms with Crippen LogP contribution < -0.4 is 5.32 Å². The molecule has 2 N–H and O–H groups in total. The zero-order chi connectivity index (χ0) is 13.9. The minimum Gasteiger partial charge on any atom is -0.508 e. The van der Waals surface area contributed by atoms with Crippen molar-refractivity contribution in [3.8, 4) is 5.75 Å². The first-order valence-corrected chi connectivity index (χ1v) is 6.08. The quantitative estimate of drug-likeness (QED) is 0.756. The lowest BCUT2D eigenvalue weighted by Gasteiger charge is -2.06. The molecule has 0 aliphatic rings. The van der Waals surface area contributed by atoms with Gasteiger partial charge in [0.2, 0.25) is 5.91 Å². The van der Waals surface area contributed by atoms with Gasteiger partial charge in [-0.3, -0.25) is 9.20 Å². The number of fused-ring (bicyclic) bond motifs is 1. The Morgan fingerprint density at radius 1 is 1.20 bits per heavy atom. The van der Waals surface area contributed by atoms with Crippen LogP contribution in [0.4, 0.5) is 5.69 Å². The molecule has 0 saturated carbocycles. The van der Waals surface area contributed by atoms with Crippen molar-refractivity contribution in [1.82, 2.24) is 14.6 Å². The number of rotatable bonds is 3. The van der Waals surface area contributed by atoms with Crippen LogP contribution in [0.2, 0.25) is 0 Å². The smallest absolute Gasteiger partial charge is 0.228 e. The van der Waals surface area contributed by atoms with Gasteiger partial charge in [0, 0.05) is 6.20 Å². The van der Waals surface area contributed by atoms with Crippen molar-refractivity contribution in [2.75, 3.05) is 5.32 Å². The van der Waals surface area contributed by atoms with Gasteiger partial charge in [-0.25, -0.2) is 0 Å². The number of amides is 1. The van der Waals surface area contributed by atoms with Crippen LogP contribution in [0.25, 0.3) is 5.65 Å². The lowest BCUT2D eigenvalue weighted by molar-refractivity contribution is -0.115. The van der Waals surface area contributed by atoms with Crippen molar-refractivity contribution in [2.45, 2.75) is 6.42 Å². The van der Waals surface area contributed by atoms with Gasteiger partial charge in [-0.1, -0.05) is 12.1 Å². The largest absolute Gasteiger partial charge is 0.508 e. The Kier molecular flexibility index (Phi) is 3.04. The van der Waals surface area contributed by atoms with Crippen LogP contribution in [0.3, 0.4) is 0 Å². The van der Waals surface area contributed by atoms with Crippen LogP contribution >= 0.6 is 0 Å². The van der Waals surface area contributed by atoms with Crippen LogP contribution in [0, 0.1) is 0 Å². The molecule has 3 aromatic rings. The van der Waals surface area contributed by atoms with Gasteiger partial charge >= 0.3 is 0 Å². The van der Waals surface area contributed by atoms with Gasteiger partial charge in [-0.05, 0) is 29.8 Å². The highest BCUT2D eigenvalue weighted by molar-refractivity contribution is 5.92. The maximum Gasteiger partial charge on any atom is 0.228 e. The average Bonchev–Trinajstić information content (AvgIpc) is 2.89. The first-order chi connectivity index (χ1) is 9.70. The molecule has 0 atom stereocenters. The minimum absolute atomic E-state index is 0.122. The summed E-state index contributed by atoms with van der Waals surface area (Å²) in [4.78, 5) is 11.9. The molecule has 2 aromatic heterocycles.